The third-order valence-electron chi connectivity index (χ3n) is 10.7. The Bertz CT molecular complexity index is 460. The molecule has 0 nitrogen and oxygen atoms in total. The Labute approximate surface area is 123 Å². The predicted molar refractivity (Wildman–Crippen MR) is 78.8 cm³/mol. The fraction of sp³-hybridized carbons (Fsp3) is 1.00. The van der Waals surface area contributed by atoms with E-state index >= 15 is 0 Å². The van der Waals surface area contributed by atoms with E-state index < -0.39 is 0 Å². The number of hydrogen-bond donors (Lipinski definition) is 0. The Morgan fingerprint density at radius 3 is 1.90 bits per heavy atom. The molecule has 0 spiro atoms. The minimum absolute atomic E-state index is 0.883. The summed E-state index contributed by atoms with van der Waals surface area (Å²) in [4.78, 5) is 0. The maximum atomic E-state index is 2.58. The molecule has 8 rings (SSSR count). The summed E-state index contributed by atoms with van der Waals surface area (Å²) in [5, 5.41) is 0. The Morgan fingerprint density at radius 1 is 0.750 bits per heavy atom. The third-order valence-corrected chi connectivity index (χ3v) is 10.7. The van der Waals surface area contributed by atoms with Crippen LogP contribution in [0.1, 0.15) is 51.9 Å². The highest BCUT2D eigenvalue weighted by molar-refractivity contribution is 5.30. The molecule has 20 heavy (non-hydrogen) atoms. The molecule has 0 saturated heterocycles. The topological polar surface area (TPSA) is 0 Å². The van der Waals surface area contributed by atoms with E-state index in [4.69, 9.17) is 0 Å². The lowest BCUT2D eigenvalue weighted by Crippen LogP contribution is -2.41. The fourth-order valence-electron chi connectivity index (χ4n) is 11.0. The van der Waals surface area contributed by atoms with E-state index in [1.807, 2.05) is 0 Å². The maximum absolute atomic E-state index is 2.58. The lowest BCUT2D eigenvalue weighted by atomic mass is 9.57. The van der Waals surface area contributed by atoms with Gasteiger partial charge in [-0.05, 0) is 115 Å². The minimum Gasteiger partial charge on any atom is -0.0648 e. The van der Waals surface area contributed by atoms with Gasteiger partial charge in [0.05, 0.1) is 0 Å². The van der Waals surface area contributed by atoms with Crippen molar-refractivity contribution in [2.24, 2.45) is 70.5 Å². The molecule has 0 N–H and O–H groups in total. The summed E-state index contributed by atoms with van der Waals surface area (Å²) < 4.78 is 0. The van der Waals surface area contributed by atoms with Crippen LogP contribution in [0.4, 0.5) is 0 Å². The van der Waals surface area contributed by atoms with Crippen molar-refractivity contribution >= 4 is 0 Å². The van der Waals surface area contributed by atoms with Crippen LogP contribution in [0.2, 0.25) is 0 Å². The van der Waals surface area contributed by atoms with E-state index in [9.17, 15) is 0 Å². The van der Waals surface area contributed by atoms with Crippen molar-refractivity contribution in [3.63, 3.8) is 0 Å². The molecule has 8 fully saturated rings. The molecule has 10 unspecified atom stereocenters. The molecule has 0 aromatic heterocycles. The molecule has 0 aliphatic heterocycles. The van der Waals surface area contributed by atoms with E-state index in [1.165, 1.54) is 65.1 Å². The van der Waals surface area contributed by atoms with Crippen LogP contribution in [0.15, 0.2) is 0 Å². The molecular weight excluding hydrogens is 240 g/mol. The Morgan fingerprint density at radius 2 is 1.35 bits per heavy atom. The van der Waals surface area contributed by atoms with Crippen LogP contribution in [0, 0.1) is 70.5 Å². The van der Waals surface area contributed by atoms with E-state index in [2.05, 4.69) is 6.92 Å². The van der Waals surface area contributed by atoms with Gasteiger partial charge >= 0.3 is 0 Å². The standard InChI is InChI=1S/C20H28/c1-2-20-8-13-11-5-6-12(13)17-16(11)18(20)14-9-3-4-10(7-9)15(14)19(17)20/h9-19H,2-8H2,1H3. The summed E-state index contributed by atoms with van der Waals surface area (Å²) in [6, 6.07) is 0. The van der Waals surface area contributed by atoms with Gasteiger partial charge in [-0.3, -0.25) is 0 Å². The van der Waals surface area contributed by atoms with Gasteiger partial charge in [-0.1, -0.05) is 6.92 Å². The van der Waals surface area contributed by atoms with Crippen LogP contribution in [0.25, 0.3) is 0 Å². The highest BCUT2D eigenvalue weighted by Crippen LogP contribution is 2.88. The average molecular weight is 268 g/mol. The van der Waals surface area contributed by atoms with Crippen molar-refractivity contribution in [3.8, 4) is 0 Å². The van der Waals surface area contributed by atoms with Gasteiger partial charge in [0, 0.05) is 0 Å². The molecular formula is C20H28. The van der Waals surface area contributed by atoms with Gasteiger partial charge in [0.15, 0.2) is 0 Å². The number of rotatable bonds is 1. The molecule has 8 aliphatic rings. The second-order valence-corrected chi connectivity index (χ2v) is 10.1. The van der Waals surface area contributed by atoms with Crippen LogP contribution in [0.3, 0.4) is 0 Å². The van der Waals surface area contributed by atoms with Gasteiger partial charge in [-0.15, -0.1) is 0 Å². The molecule has 8 saturated carbocycles. The van der Waals surface area contributed by atoms with Gasteiger partial charge in [-0.2, -0.15) is 0 Å². The maximum Gasteiger partial charge on any atom is -0.0229 e. The SMILES string of the molecule is CCC12CC3C4CCC3C3C4C1C1C4CCC(C4)C1C32. The van der Waals surface area contributed by atoms with E-state index in [0.29, 0.717) is 0 Å². The molecule has 10 bridgehead atoms. The normalized spacial score (nSPS) is 77.0. The smallest absolute Gasteiger partial charge is 0.0229 e. The predicted octanol–water partition coefficient (Wildman–Crippen LogP) is 4.60. The van der Waals surface area contributed by atoms with Crippen LogP contribution < -0.4 is 0 Å². The first-order valence-corrected chi connectivity index (χ1v) is 9.85. The second kappa shape index (κ2) is 2.91. The van der Waals surface area contributed by atoms with Crippen LogP contribution >= 0.6 is 0 Å². The first kappa shape index (κ1) is 10.7. The Kier molecular flexibility index (Phi) is 1.55. The fourth-order valence-corrected chi connectivity index (χ4v) is 11.0. The van der Waals surface area contributed by atoms with E-state index in [0.717, 1.165) is 5.41 Å². The van der Waals surface area contributed by atoms with E-state index in [1.54, 1.807) is 44.9 Å². The molecule has 0 radical (unpaired) electrons. The van der Waals surface area contributed by atoms with Crippen molar-refractivity contribution in [1.29, 1.82) is 0 Å². The summed E-state index contributed by atoms with van der Waals surface area (Å²) in [5.41, 5.74) is 0.883. The zero-order valence-electron chi connectivity index (χ0n) is 12.8. The molecule has 8 aliphatic carbocycles. The largest absolute Gasteiger partial charge is 0.0648 e. The van der Waals surface area contributed by atoms with Crippen LogP contribution in [0.5, 0.6) is 0 Å². The highest BCUT2D eigenvalue weighted by Gasteiger charge is 2.82. The summed E-state index contributed by atoms with van der Waals surface area (Å²) in [6.45, 7) is 2.58. The lowest BCUT2D eigenvalue weighted by Gasteiger charge is -2.47. The highest BCUT2D eigenvalue weighted by atomic mass is 14.9. The zero-order valence-corrected chi connectivity index (χ0v) is 12.8. The molecule has 0 heterocycles. The van der Waals surface area contributed by atoms with Crippen molar-refractivity contribution in [2.45, 2.75) is 51.9 Å². The zero-order chi connectivity index (χ0) is 12.8. The van der Waals surface area contributed by atoms with Gasteiger partial charge in [0.25, 0.3) is 0 Å². The second-order valence-electron chi connectivity index (χ2n) is 10.1. The molecule has 108 valence electrons. The van der Waals surface area contributed by atoms with Gasteiger partial charge in [0.1, 0.15) is 0 Å². The van der Waals surface area contributed by atoms with E-state index in [-0.39, 0.29) is 0 Å². The first-order chi connectivity index (χ1) is 9.85. The van der Waals surface area contributed by atoms with Crippen molar-refractivity contribution < 1.29 is 0 Å². The monoisotopic (exact) mass is 268 g/mol. The number of fused-ring (bicyclic) bond motifs is 5. The molecule has 0 amide bonds. The average Bonchev–Trinajstić information content (AvgIpc) is 3.27. The van der Waals surface area contributed by atoms with Crippen molar-refractivity contribution in [1.82, 2.24) is 0 Å². The third kappa shape index (κ3) is 0.774. The Balaban J connectivity index is 1.47. The summed E-state index contributed by atoms with van der Waals surface area (Å²) in [7, 11) is 0. The van der Waals surface area contributed by atoms with Gasteiger partial charge < -0.3 is 0 Å². The lowest BCUT2D eigenvalue weighted by molar-refractivity contribution is 0.0104. The van der Waals surface area contributed by atoms with Gasteiger partial charge in [-0.25, -0.2) is 0 Å². The molecule has 0 aromatic rings. The Hall–Kier alpha value is 0. The first-order valence-electron chi connectivity index (χ1n) is 9.85. The van der Waals surface area contributed by atoms with Crippen molar-refractivity contribution in [2.75, 3.05) is 0 Å². The van der Waals surface area contributed by atoms with Crippen LogP contribution in [-0.4, -0.2) is 0 Å². The van der Waals surface area contributed by atoms with Gasteiger partial charge in [0.2, 0.25) is 0 Å². The molecule has 0 aromatic carbocycles. The molecule has 0 heteroatoms. The number of hydrogen-bond acceptors (Lipinski definition) is 0. The summed E-state index contributed by atoms with van der Waals surface area (Å²) in [5.74, 6) is 13.5. The molecule has 10 atom stereocenters. The summed E-state index contributed by atoms with van der Waals surface area (Å²) in [6.07, 6.45) is 11.5. The van der Waals surface area contributed by atoms with Crippen molar-refractivity contribution in [3.05, 3.63) is 0 Å². The minimum atomic E-state index is 0.883. The quantitative estimate of drug-likeness (QED) is 0.652. The van der Waals surface area contributed by atoms with Crippen LogP contribution in [-0.2, 0) is 0 Å². The summed E-state index contributed by atoms with van der Waals surface area (Å²) >= 11 is 0.